The number of hydrogen-bond donors (Lipinski definition) is 2. The van der Waals surface area contributed by atoms with Gasteiger partial charge in [0.25, 0.3) is 0 Å². The molecule has 3 rings (SSSR count). The smallest absolute Gasteiger partial charge is 0.152 e. The fourth-order valence-corrected chi connectivity index (χ4v) is 2.58. The number of nitrogens with one attached hydrogen (secondary N) is 2. The zero-order valence-corrected chi connectivity index (χ0v) is 11.4. The number of likely N-dealkylation sites (tertiary alicyclic amines) is 1. The maximum atomic E-state index is 5.65. The molecule has 1 atom stereocenters. The molecule has 0 radical (unpaired) electrons. The van der Waals surface area contributed by atoms with Crippen LogP contribution in [0.25, 0.3) is 11.5 Å². The molecule has 1 unspecified atom stereocenters. The lowest BCUT2D eigenvalue weighted by molar-refractivity contribution is 0.397. The molecule has 1 saturated heterocycles. The summed E-state index contributed by atoms with van der Waals surface area (Å²) in [7, 11) is 2.16. The molecule has 2 N–H and O–H groups in total. The molecule has 0 amide bonds. The van der Waals surface area contributed by atoms with Crippen LogP contribution in [-0.2, 0) is 6.54 Å². The monoisotopic (exact) mass is 260 g/mol. The van der Waals surface area contributed by atoms with E-state index < -0.39 is 0 Å². The molecule has 19 heavy (non-hydrogen) atoms. The topological polar surface area (TPSA) is 57.1 Å². The summed E-state index contributed by atoms with van der Waals surface area (Å²) in [6.45, 7) is 5.07. The number of nitrogens with zero attached hydrogens (tertiary/aromatic N) is 2. The maximum Gasteiger partial charge on any atom is 0.152 e. The molecule has 2 aromatic heterocycles. The molecule has 1 aliphatic rings. The number of H-pyrrole nitrogens is 1. The molecule has 0 aliphatic carbocycles. The lowest BCUT2D eigenvalue weighted by Gasteiger charge is -2.12. The summed E-state index contributed by atoms with van der Waals surface area (Å²) in [5.74, 6) is 1.77. The zero-order chi connectivity index (χ0) is 13.2. The molecule has 5 heteroatoms. The second-order valence-electron chi connectivity index (χ2n) is 5.31. The third-order valence-electron chi connectivity index (χ3n) is 3.68. The lowest BCUT2D eigenvalue weighted by atomic mass is 10.2. The molecule has 2 aromatic rings. The standard InChI is InChI=1S/C14H20N4O/c1-10-3-4-13(19-10)14-11(8-16-17-14)7-15-12-5-6-18(2)9-12/h3-4,8,12,15H,5-7,9H2,1-2H3,(H,16,17). The van der Waals surface area contributed by atoms with E-state index in [4.69, 9.17) is 4.42 Å². The summed E-state index contributed by atoms with van der Waals surface area (Å²) >= 11 is 0. The SMILES string of the molecule is Cc1ccc(-c2[nH]ncc2CNC2CCN(C)C2)o1. The first-order chi connectivity index (χ1) is 9.22. The maximum absolute atomic E-state index is 5.65. The number of aryl methyl sites for hydroxylation is 1. The number of aromatic nitrogens is 2. The highest BCUT2D eigenvalue weighted by Gasteiger charge is 2.19. The first-order valence-corrected chi connectivity index (χ1v) is 6.73. The van der Waals surface area contributed by atoms with Crippen LogP contribution in [0, 0.1) is 6.92 Å². The van der Waals surface area contributed by atoms with Gasteiger partial charge in [-0.3, -0.25) is 5.10 Å². The van der Waals surface area contributed by atoms with Gasteiger partial charge in [0, 0.05) is 24.7 Å². The molecule has 0 aromatic carbocycles. The largest absolute Gasteiger partial charge is 0.460 e. The minimum absolute atomic E-state index is 0.575. The zero-order valence-electron chi connectivity index (χ0n) is 11.4. The van der Waals surface area contributed by atoms with Crippen LogP contribution in [0.2, 0.25) is 0 Å². The predicted molar refractivity (Wildman–Crippen MR) is 73.8 cm³/mol. The molecule has 3 heterocycles. The summed E-state index contributed by atoms with van der Waals surface area (Å²) in [4.78, 5) is 2.35. The average Bonchev–Trinajstić information content (AvgIpc) is 3.07. The number of furan rings is 1. The average molecular weight is 260 g/mol. The van der Waals surface area contributed by atoms with Gasteiger partial charge in [-0.25, -0.2) is 0 Å². The van der Waals surface area contributed by atoms with Gasteiger partial charge in [0.1, 0.15) is 11.5 Å². The van der Waals surface area contributed by atoms with Crippen molar-refractivity contribution >= 4 is 0 Å². The Morgan fingerprint density at radius 2 is 2.42 bits per heavy atom. The van der Waals surface area contributed by atoms with Crippen molar-refractivity contribution in [2.75, 3.05) is 20.1 Å². The molecule has 1 fully saturated rings. The van der Waals surface area contributed by atoms with Crippen molar-refractivity contribution in [2.45, 2.75) is 25.9 Å². The van der Waals surface area contributed by atoms with E-state index in [1.807, 2.05) is 25.3 Å². The van der Waals surface area contributed by atoms with Gasteiger partial charge in [-0.05, 0) is 39.1 Å². The van der Waals surface area contributed by atoms with E-state index >= 15 is 0 Å². The molecule has 102 valence electrons. The second-order valence-corrected chi connectivity index (χ2v) is 5.31. The first-order valence-electron chi connectivity index (χ1n) is 6.73. The molecular formula is C14H20N4O. The minimum Gasteiger partial charge on any atom is -0.460 e. The van der Waals surface area contributed by atoms with E-state index in [1.165, 1.54) is 13.0 Å². The van der Waals surface area contributed by atoms with Crippen LogP contribution in [0.5, 0.6) is 0 Å². The lowest BCUT2D eigenvalue weighted by Crippen LogP contribution is -2.30. The molecule has 0 spiro atoms. The minimum atomic E-state index is 0.575. The normalized spacial score (nSPS) is 20.2. The van der Waals surface area contributed by atoms with Gasteiger partial charge in [-0.1, -0.05) is 0 Å². The van der Waals surface area contributed by atoms with E-state index in [2.05, 4.69) is 27.5 Å². The highest BCUT2D eigenvalue weighted by atomic mass is 16.3. The van der Waals surface area contributed by atoms with Gasteiger partial charge >= 0.3 is 0 Å². The Kier molecular flexibility index (Phi) is 3.40. The van der Waals surface area contributed by atoms with Gasteiger partial charge in [-0.15, -0.1) is 0 Å². The molecular weight excluding hydrogens is 240 g/mol. The third kappa shape index (κ3) is 2.72. The van der Waals surface area contributed by atoms with E-state index in [1.54, 1.807) is 0 Å². The summed E-state index contributed by atoms with van der Waals surface area (Å²) in [5, 5.41) is 10.7. The van der Waals surface area contributed by atoms with E-state index in [9.17, 15) is 0 Å². The van der Waals surface area contributed by atoms with Crippen LogP contribution in [0.1, 0.15) is 17.7 Å². The fourth-order valence-electron chi connectivity index (χ4n) is 2.58. The Bertz CT molecular complexity index is 545. The van der Waals surface area contributed by atoms with Crippen molar-refractivity contribution in [3.63, 3.8) is 0 Å². The van der Waals surface area contributed by atoms with Crippen molar-refractivity contribution in [2.24, 2.45) is 0 Å². The second kappa shape index (κ2) is 5.19. The van der Waals surface area contributed by atoms with Crippen LogP contribution in [0.4, 0.5) is 0 Å². The molecule has 1 aliphatic heterocycles. The van der Waals surface area contributed by atoms with Gasteiger partial charge in [0.15, 0.2) is 5.76 Å². The van der Waals surface area contributed by atoms with Crippen LogP contribution in [0.15, 0.2) is 22.7 Å². The van der Waals surface area contributed by atoms with Gasteiger partial charge in [-0.2, -0.15) is 5.10 Å². The Morgan fingerprint density at radius 3 is 3.11 bits per heavy atom. The number of likely N-dealkylation sites (N-methyl/N-ethyl adjacent to an activating group) is 1. The summed E-state index contributed by atoms with van der Waals surface area (Å²) in [5.41, 5.74) is 2.14. The first kappa shape index (κ1) is 12.4. The van der Waals surface area contributed by atoms with Crippen LogP contribution >= 0.6 is 0 Å². The van der Waals surface area contributed by atoms with Crippen LogP contribution in [0.3, 0.4) is 0 Å². The Labute approximate surface area is 113 Å². The highest BCUT2D eigenvalue weighted by molar-refractivity contribution is 5.56. The number of aromatic amines is 1. The van der Waals surface area contributed by atoms with Crippen LogP contribution < -0.4 is 5.32 Å². The highest BCUT2D eigenvalue weighted by Crippen LogP contribution is 2.23. The van der Waals surface area contributed by atoms with Gasteiger partial charge < -0.3 is 14.6 Å². The van der Waals surface area contributed by atoms with Crippen molar-refractivity contribution in [1.82, 2.24) is 20.4 Å². The molecule has 0 bridgehead atoms. The predicted octanol–water partition coefficient (Wildman–Crippen LogP) is 1.77. The van der Waals surface area contributed by atoms with Crippen molar-refractivity contribution in [3.05, 3.63) is 29.7 Å². The third-order valence-corrected chi connectivity index (χ3v) is 3.68. The van der Waals surface area contributed by atoms with Gasteiger partial charge in [0.05, 0.1) is 6.20 Å². The Morgan fingerprint density at radius 1 is 1.53 bits per heavy atom. The quantitative estimate of drug-likeness (QED) is 0.879. The Hall–Kier alpha value is -1.59. The molecule has 0 saturated carbocycles. The van der Waals surface area contributed by atoms with E-state index in [0.29, 0.717) is 6.04 Å². The van der Waals surface area contributed by atoms with Crippen LogP contribution in [-0.4, -0.2) is 41.3 Å². The van der Waals surface area contributed by atoms with E-state index in [0.717, 1.165) is 35.9 Å². The fraction of sp³-hybridized carbons (Fsp3) is 0.500. The number of hydrogen-bond acceptors (Lipinski definition) is 4. The van der Waals surface area contributed by atoms with Crippen molar-refractivity contribution in [3.8, 4) is 11.5 Å². The molecule has 5 nitrogen and oxygen atoms in total. The van der Waals surface area contributed by atoms with Crippen molar-refractivity contribution < 1.29 is 4.42 Å². The van der Waals surface area contributed by atoms with Gasteiger partial charge in [0.2, 0.25) is 0 Å². The Balaban J connectivity index is 1.67. The summed E-state index contributed by atoms with van der Waals surface area (Å²) in [6, 6.07) is 4.53. The van der Waals surface area contributed by atoms with Crippen molar-refractivity contribution in [1.29, 1.82) is 0 Å². The summed E-state index contributed by atoms with van der Waals surface area (Å²) < 4.78 is 5.65. The number of rotatable bonds is 4. The summed E-state index contributed by atoms with van der Waals surface area (Å²) in [6.07, 6.45) is 3.09. The van der Waals surface area contributed by atoms with E-state index in [-0.39, 0.29) is 0 Å².